The van der Waals surface area contributed by atoms with Crippen LogP contribution < -0.4 is 21.5 Å². The van der Waals surface area contributed by atoms with Crippen molar-refractivity contribution < 1.29 is 9.53 Å². The highest BCUT2D eigenvalue weighted by Gasteiger charge is 2.14. The summed E-state index contributed by atoms with van der Waals surface area (Å²) in [4.78, 5) is 12.2. The van der Waals surface area contributed by atoms with Crippen LogP contribution in [0.25, 0.3) is 0 Å². The van der Waals surface area contributed by atoms with Crippen molar-refractivity contribution in [3.8, 4) is 5.75 Å². The Morgan fingerprint density at radius 2 is 2.24 bits per heavy atom. The molecule has 0 aliphatic carbocycles. The molecule has 112 valence electrons. The quantitative estimate of drug-likeness (QED) is 0.730. The number of nitrogens with zero attached hydrogens (tertiary/aromatic N) is 2. The third-order valence-corrected chi connectivity index (χ3v) is 3.43. The second-order valence-electron chi connectivity index (χ2n) is 3.99. The van der Waals surface area contributed by atoms with E-state index in [2.05, 4.69) is 15.5 Å². The lowest BCUT2D eigenvalue weighted by molar-refractivity contribution is 0.0947. The first-order chi connectivity index (χ1) is 10.1. The van der Waals surface area contributed by atoms with E-state index in [0.29, 0.717) is 39.6 Å². The molecular weight excluding hydrogens is 314 g/mol. The van der Waals surface area contributed by atoms with Crippen molar-refractivity contribution >= 4 is 34.0 Å². The zero-order valence-electron chi connectivity index (χ0n) is 11.0. The maximum atomic E-state index is 12.2. The molecule has 0 spiro atoms. The SMILES string of the molecule is NCCOc1ccc(Cl)cc1C(=O)NCc1nnc(N)s1. The maximum absolute atomic E-state index is 12.2. The highest BCUT2D eigenvalue weighted by molar-refractivity contribution is 7.15. The number of hydrogen-bond donors (Lipinski definition) is 3. The molecule has 7 nitrogen and oxygen atoms in total. The number of nitrogens with one attached hydrogen (secondary N) is 1. The lowest BCUT2D eigenvalue weighted by Gasteiger charge is -2.11. The first-order valence-electron chi connectivity index (χ1n) is 6.08. The van der Waals surface area contributed by atoms with Gasteiger partial charge in [0.25, 0.3) is 5.91 Å². The molecule has 1 aromatic carbocycles. The summed E-state index contributed by atoms with van der Waals surface area (Å²) in [6.07, 6.45) is 0. The molecule has 0 fully saturated rings. The minimum atomic E-state index is -0.321. The van der Waals surface area contributed by atoms with Crippen LogP contribution in [0.2, 0.25) is 5.02 Å². The van der Waals surface area contributed by atoms with Crippen molar-refractivity contribution in [2.24, 2.45) is 5.73 Å². The molecule has 1 heterocycles. The third kappa shape index (κ3) is 4.28. The smallest absolute Gasteiger partial charge is 0.255 e. The standard InChI is InChI=1S/C12H14ClN5O2S/c13-7-1-2-9(20-4-3-14)8(5-7)11(19)16-6-10-17-18-12(15)21-10/h1-2,5H,3-4,6,14H2,(H2,15,18)(H,16,19). The van der Waals surface area contributed by atoms with Crippen LogP contribution in [-0.4, -0.2) is 29.3 Å². The van der Waals surface area contributed by atoms with E-state index in [1.54, 1.807) is 12.1 Å². The van der Waals surface area contributed by atoms with Gasteiger partial charge in [-0.3, -0.25) is 4.79 Å². The van der Waals surface area contributed by atoms with Crippen LogP contribution in [0.15, 0.2) is 18.2 Å². The number of rotatable bonds is 6. The highest BCUT2D eigenvalue weighted by Crippen LogP contribution is 2.23. The fourth-order valence-corrected chi connectivity index (χ4v) is 2.28. The van der Waals surface area contributed by atoms with Gasteiger partial charge < -0.3 is 21.5 Å². The molecule has 5 N–H and O–H groups in total. The normalized spacial score (nSPS) is 10.4. The number of benzene rings is 1. The molecule has 2 rings (SSSR count). The number of nitrogen functional groups attached to an aromatic ring is 1. The molecular formula is C12H14ClN5O2S. The minimum absolute atomic E-state index is 0.233. The number of hydrogen-bond acceptors (Lipinski definition) is 7. The van der Waals surface area contributed by atoms with Crippen molar-refractivity contribution in [1.82, 2.24) is 15.5 Å². The summed E-state index contributed by atoms with van der Waals surface area (Å²) < 4.78 is 5.43. The zero-order valence-corrected chi connectivity index (χ0v) is 12.6. The topological polar surface area (TPSA) is 116 Å². The van der Waals surface area contributed by atoms with Crippen LogP contribution in [0.1, 0.15) is 15.4 Å². The Morgan fingerprint density at radius 3 is 2.90 bits per heavy atom. The Bertz CT molecular complexity index is 634. The molecule has 0 radical (unpaired) electrons. The van der Waals surface area contributed by atoms with Crippen LogP contribution in [0, 0.1) is 0 Å². The highest BCUT2D eigenvalue weighted by atomic mass is 35.5. The third-order valence-electron chi connectivity index (χ3n) is 2.44. The van der Waals surface area contributed by atoms with Crippen LogP contribution >= 0.6 is 22.9 Å². The second kappa shape index (κ2) is 7.21. The molecule has 21 heavy (non-hydrogen) atoms. The lowest BCUT2D eigenvalue weighted by atomic mass is 10.2. The molecule has 1 amide bonds. The predicted octanol–water partition coefficient (Wildman–Crippen LogP) is 1.04. The second-order valence-corrected chi connectivity index (χ2v) is 5.52. The van der Waals surface area contributed by atoms with Gasteiger partial charge in [0.2, 0.25) is 5.13 Å². The number of carbonyl (C=O) groups excluding carboxylic acids is 1. The number of ether oxygens (including phenoxy) is 1. The van der Waals surface area contributed by atoms with E-state index in [4.69, 9.17) is 27.8 Å². The summed E-state index contributed by atoms with van der Waals surface area (Å²) in [5, 5.41) is 11.6. The van der Waals surface area contributed by atoms with Crippen molar-refractivity contribution in [2.75, 3.05) is 18.9 Å². The van der Waals surface area contributed by atoms with Gasteiger partial charge in [-0.05, 0) is 18.2 Å². The molecule has 0 unspecified atom stereocenters. The Kier molecular flexibility index (Phi) is 5.32. The summed E-state index contributed by atoms with van der Waals surface area (Å²) in [5.41, 5.74) is 11.2. The molecule has 0 atom stereocenters. The van der Waals surface area contributed by atoms with Gasteiger partial charge in [-0.2, -0.15) is 0 Å². The fourth-order valence-electron chi connectivity index (χ4n) is 1.56. The molecule has 0 aliphatic heterocycles. The van der Waals surface area contributed by atoms with Crippen molar-refractivity contribution in [1.29, 1.82) is 0 Å². The summed E-state index contributed by atoms with van der Waals surface area (Å²) in [6.45, 7) is 0.902. The molecule has 2 aromatic rings. The van der Waals surface area contributed by atoms with Crippen LogP contribution in [-0.2, 0) is 6.54 Å². The van der Waals surface area contributed by atoms with Gasteiger partial charge in [-0.15, -0.1) is 10.2 Å². The first-order valence-corrected chi connectivity index (χ1v) is 7.28. The monoisotopic (exact) mass is 327 g/mol. The van der Waals surface area contributed by atoms with Crippen LogP contribution in [0.3, 0.4) is 0 Å². The van der Waals surface area contributed by atoms with Gasteiger partial charge in [0, 0.05) is 11.6 Å². The average Bonchev–Trinajstić information content (AvgIpc) is 2.89. The van der Waals surface area contributed by atoms with Gasteiger partial charge in [0.15, 0.2) is 0 Å². The number of aromatic nitrogens is 2. The predicted molar refractivity (Wildman–Crippen MR) is 81.5 cm³/mol. The Hall–Kier alpha value is -1.90. The van der Waals surface area contributed by atoms with E-state index < -0.39 is 0 Å². The fraction of sp³-hybridized carbons (Fsp3) is 0.250. The van der Waals surface area contributed by atoms with E-state index in [0.717, 1.165) is 0 Å². The van der Waals surface area contributed by atoms with Crippen molar-refractivity contribution in [3.63, 3.8) is 0 Å². The lowest BCUT2D eigenvalue weighted by Crippen LogP contribution is -2.24. The van der Waals surface area contributed by atoms with Crippen molar-refractivity contribution in [2.45, 2.75) is 6.54 Å². The number of carbonyl (C=O) groups is 1. The largest absolute Gasteiger partial charge is 0.491 e. The zero-order chi connectivity index (χ0) is 15.2. The number of anilines is 1. The Labute approximate surface area is 130 Å². The molecule has 0 saturated heterocycles. The summed E-state index contributed by atoms with van der Waals surface area (Å²) in [7, 11) is 0. The van der Waals surface area contributed by atoms with Gasteiger partial charge in [-0.25, -0.2) is 0 Å². The first kappa shape index (κ1) is 15.5. The molecule has 1 aromatic heterocycles. The van der Waals surface area contributed by atoms with Gasteiger partial charge in [0.1, 0.15) is 17.4 Å². The molecule has 0 aliphatic rings. The van der Waals surface area contributed by atoms with Crippen LogP contribution in [0.5, 0.6) is 5.75 Å². The maximum Gasteiger partial charge on any atom is 0.255 e. The molecule has 9 heteroatoms. The number of halogens is 1. The molecule has 0 bridgehead atoms. The van der Waals surface area contributed by atoms with Gasteiger partial charge >= 0.3 is 0 Å². The van der Waals surface area contributed by atoms with E-state index >= 15 is 0 Å². The van der Waals surface area contributed by atoms with Crippen molar-refractivity contribution in [3.05, 3.63) is 33.8 Å². The van der Waals surface area contributed by atoms with Crippen LogP contribution in [0.4, 0.5) is 5.13 Å². The summed E-state index contributed by atoms with van der Waals surface area (Å²) in [6, 6.07) is 4.82. The van der Waals surface area contributed by atoms with Gasteiger partial charge in [-0.1, -0.05) is 22.9 Å². The Morgan fingerprint density at radius 1 is 1.43 bits per heavy atom. The van der Waals surface area contributed by atoms with E-state index in [1.165, 1.54) is 17.4 Å². The number of amides is 1. The van der Waals surface area contributed by atoms with E-state index in [-0.39, 0.29) is 12.5 Å². The summed E-state index contributed by atoms with van der Waals surface area (Å²) in [5.74, 6) is 0.109. The molecule has 0 saturated carbocycles. The van der Waals surface area contributed by atoms with Gasteiger partial charge in [0.05, 0.1) is 12.1 Å². The average molecular weight is 328 g/mol. The minimum Gasteiger partial charge on any atom is -0.491 e. The Balaban J connectivity index is 2.08. The summed E-state index contributed by atoms with van der Waals surface area (Å²) >= 11 is 7.13. The number of nitrogens with two attached hydrogens (primary N) is 2. The van der Waals surface area contributed by atoms with E-state index in [9.17, 15) is 4.79 Å². The van der Waals surface area contributed by atoms with E-state index in [1.807, 2.05) is 0 Å².